The second kappa shape index (κ2) is 8.28. The minimum atomic E-state index is 0.465. The van der Waals surface area contributed by atoms with Crippen molar-refractivity contribution in [2.45, 2.75) is 51.7 Å². The van der Waals surface area contributed by atoms with E-state index in [9.17, 15) is 0 Å². The van der Waals surface area contributed by atoms with E-state index in [2.05, 4.69) is 6.92 Å². The standard InChI is InChI=1S/C17H27NO2/c1-14-5-2-3-6-17(14)20-12-4-11-19-16-9-7-15(13-18)8-10-16/h7-10,14,17H,2-6,11-13,18H2,1H3. The van der Waals surface area contributed by atoms with Crippen LogP contribution in [0.1, 0.15) is 44.6 Å². The van der Waals surface area contributed by atoms with Crippen molar-refractivity contribution < 1.29 is 9.47 Å². The highest BCUT2D eigenvalue weighted by Gasteiger charge is 2.21. The predicted octanol–water partition coefficient (Wildman–Crippen LogP) is 3.51. The summed E-state index contributed by atoms with van der Waals surface area (Å²) in [7, 11) is 0. The van der Waals surface area contributed by atoms with E-state index in [1.165, 1.54) is 25.7 Å². The van der Waals surface area contributed by atoms with Crippen molar-refractivity contribution in [1.29, 1.82) is 0 Å². The van der Waals surface area contributed by atoms with Crippen molar-refractivity contribution in [1.82, 2.24) is 0 Å². The van der Waals surface area contributed by atoms with Crippen molar-refractivity contribution in [3.8, 4) is 5.75 Å². The molecular formula is C17H27NO2. The van der Waals surface area contributed by atoms with Crippen molar-refractivity contribution >= 4 is 0 Å². The smallest absolute Gasteiger partial charge is 0.119 e. The molecule has 1 aromatic carbocycles. The summed E-state index contributed by atoms with van der Waals surface area (Å²) >= 11 is 0. The van der Waals surface area contributed by atoms with Gasteiger partial charge in [0, 0.05) is 13.0 Å². The average Bonchev–Trinajstić information content (AvgIpc) is 2.49. The number of rotatable bonds is 7. The zero-order valence-electron chi connectivity index (χ0n) is 12.5. The van der Waals surface area contributed by atoms with Crippen molar-refractivity contribution in [3.63, 3.8) is 0 Å². The molecule has 0 spiro atoms. The van der Waals surface area contributed by atoms with Crippen LogP contribution in [0, 0.1) is 5.92 Å². The van der Waals surface area contributed by atoms with Crippen LogP contribution in [-0.2, 0) is 11.3 Å². The molecule has 0 aromatic heterocycles. The highest BCUT2D eigenvalue weighted by Crippen LogP contribution is 2.26. The predicted molar refractivity (Wildman–Crippen MR) is 81.8 cm³/mol. The number of ether oxygens (including phenoxy) is 2. The van der Waals surface area contributed by atoms with E-state index in [1.807, 2.05) is 24.3 Å². The summed E-state index contributed by atoms with van der Waals surface area (Å²) in [6, 6.07) is 7.98. The van der Waals surface area contributed by atoms with E-state index < -0.39 is 0 Å². The molecule has 1 aliphatic rings. The third-order valence-corrected chi connectivity index (χ3v) is 4.08. The van der Waals surface area contributed by atoms with Crippen LogP contribution in [0.15, 0.2) is 24.3 Å². The van der Waals surface area contributed by atoms with Gasteiger partial charge in [-0.2, -0.15) is 0 Å². The maximum Gasteiger partial charge on any atom is 0.119 e. The third-order valence-electron chi connectivity index (χ3n) is 4.08. The molecule has 0 amide bonds. The van der Waals surface area contributed by atoms with Gasteiger partial charge < -0.3 is 15.2 Å². The lowest BCUT2D eigenvalue weighted by atomic mass is 9.88. The fraction of sp³-hybridized carbons (Fsp3) is 0.647. The van der Waals surface area contributed by atoms with E-state index in [0.29, 0.717) is 25.2 Å². The van der Waals surface area contributed by atoms with Crippen molar-refractivity contribution in [2.24, 2.45) is 11.7 Å². The molecule has 3 heteroatoms. The van der Waals surface area contributed by atoms with Crippen molar-refractivity contribution in [2.75, 3.05) is 13.2 Å². The molecule has 1 aliphatic carbocycles. The van der Waals surface area contributed by atoms with Gasteiger partial charge in [0.1, 0.15) is 5.75 Å². The van der Waals surface area contributed by atoms with Crippen LogP contribution in [-0.4, -0.2) is 19.3 Å². The Hall–Kier alpha value is -1.06. The summed E-state index contributed by atoms with van der Waals surface area (Å²) in [6.45, 7) is 4.39. The Labute approximate surface area is 122 Å². The first kappa shape index (κ1) is 15.3. The Morgan fingerprint density at radius 1 is 1.10 bits per heavy atom. The molecule has 0 aliphatic heterocycles. The Morgan fingerprint density at radius 3 is 2.55 bits per heavy atom. The first-order chi connectivity index (χ1) is 9.79. The first-order valence-electron chi connectivity index (χ1n) is 7.83. The van der Waals surface area contributed by atoms with E-state index in [-0.39, 0.29) is 0 Å². The van der Waals surface area contributed by atoms with Crippen LogP contribution in [0.5, 0.6) is 5.75 Å². The van der Waals surface area contributed by atoms with Crippen LogP contribution < -0.4 is 10.5 Å². The fourth-order valence-corrected chi connectivity index (χ4v) is 2.74. The topological polar surface area (TPSA) is 44.5 Å². The summed E-state index contributed by atoms with van der Waals surface area (Å²) in [4.78, 5) is 0. The maximum absolute atomic E-state index is 5.97. The van der Waals surface area contributed by atoms with Crippen LogP contribution in [0.2, 0.25) is 0 Å². The van der Waals surface area contributed by atoms with Gasteiger partial charge in [0.25, 0.3) is 0 Å². The molecule has 0 saturated heterocycles. The van der Waals surface area contributed by atoms with Gasteiger partial charge in [-0.25, -0.2) is 0 Å². The average molecular weight is 277 g/mol. The van der Waals surface area contributed by atoms with E-state index in [0.717, 1.165) is 24.3 Å². The van der Waals surface area contributed by atoms with Gasteiger partial charge >= 0.3 is 0 Å². The summed E-state index contributed by atoms with van der Waals surface area (Å²) in [5.74, 6) is 1.63. The second-order valence-electron chi connectivity index (χ2n) is 5.72. The van der Waals surface area contributed by atoms with Gasteiger partial charge in [0.15, 0.2) is 0 Å². The molecule has 1 saturated carbocycles. The molecule has 1 aromatic rings. The highest BCUT2D eigenvalue weighted by atomic mass is 16.5. The Kier molecular flexibility index (Phi) is 6.34. The Bertz CT molecular complexity index is 377. The number of hydrogen-bond donors (Lipinski definition) is 1. The van der Waals surface area contributed by atoms with Crippen LogP contribution in [0.3, 0.4) is 0 Å². The quantitative estimate of drug-likeness (QED) is 0.776. The summed E-state index contributed by atoms with van der Waals surface area (Å²) in [5, 5.41) is 0. The van der Waals surface area contributed by atoms with Gasteiger partial charge in [-0.05, 0) is 36.5 Å². The van der Waals surface area contributed by atoms with E-state index in [4.69, 9.17) is 15.2 Å². The zero-order chi connectivity index (χ0) is 14.2. The van der Waals surface area contributed by atoms with Crippen LogP contribution in [0.4, 0.5) is 0 Å². The maximum atomic E-state index is 5.97. The lowest BCUT2D eigenvalue weighted by Gasteiger charge is -2.28. The lowest BCUT2D eigenvalue weighted by molar-refractivity contribution is -0.00912. The van der Waals surface area contributed by atoms with Crippen LogP contribution in [0.25, 0.3) is 0 Å². The third kappa shape index (κ3) is 4.80. The summed E-state index contributed by atoms with van der Waals surface area (Å²) in [5.41, 5.74) is 6.70. The fourth-order valence-electron chi connectivity index (χ4n) is 2.74. The molecular weight excluding hydrogens is 250 g/mol. The molecule has 1 fully saturated rings. The summed E-state index contributed by atoms with van der Waals surface area (Å²) in [6.07, 6.45) is 6.63. The largest absolute Gasteiger partial charge is 0.494 e. The van der Waals surface area contributed by atoms with Gasteiger partial charge in [0.05, 0.1) is 19.3 Å². The van der Waals surface area contributed by atoms with Gasteiger partial charge in [0.2, 0.25) is 0 Å². The zero-order valence-corrected chi connectivity index (χ0v) is 12.5. The lowest BCUT2D eigenvalue weighted by Crippen LogP contribution is -2.26. The van der Waals surface area contributed by atoms with Crippen molar-refractivity contribution in [3.05, 3.63) is 29.8 Å². The molecule has 2 unspecified atom stereocenters. The monoisotopic (exact) mass is 277 g/mol. The number of benzene rings is 1. The van der Waals surface area contributed by atoms with Gasteiger partial charge in [-0.1, -0.05) is 31.9 Å². The Morgan fingerprint density at radius 2 is 1.85 bits per heavy atom. The highest BCUT2D eigenvalue weighted by molar-refractivity contribution is 5.26. The van der Waals surface area contributed by atoms with Crippen LogP contribution >= 0.6 is 0 Å². The minimum absolute atomic E-state index is 0.465. The first-order valence-corrected chi connectivity index (χ1v) is 7.83. The number of nitrogens with two attached hydrogens (primary N) is 1. The molecule has 0 radical (unpaired) electrons. The minimum Gasteiger partial charge on any atom is -0.494 e. The van der Waals surface area contributed by atoms with Gasteiger partial charge in [-0.15, -0.1) is 0 Å². The van der Waals surface area contributed by atoms with E-state index >= 15 is 0 Å². The molecule has 3 nitrogen and oxygen atoms in total. The van der Waals surface area contributed by atoms with Gasteiger partial charge in [-0.3, -0.25) is 0 Å². The molecule has 2 N–H and O–H groups in total. The Balaban J connectivity index is 1.58. The molecule has 20 heavy (non-hydrogen) atoms. The summed E-state index contributed by atoms with van der Waals surface area (Å²) < 4.78 is 11.7. The molecule has 0 heterocycles. The molecule has 2 rings (SSSR count). The number of hydrogen-bond acceptors (Lipinski definition) is 3. The molecule has 112 valence electrons. The van der Waals surface area contributed by atoms with E-state index in [1.54, 1.807) is 0 Å². The normalized spacial score (nSPS) is 22.7. The second-order valence-corrected chi connectivity index (χ2v) is 5.72. The SMILES string of the molecule is CC1CCCCC1OCCCOc1ccc(CN)cc1. The molecule has 0 bridgehead atoms. The molecule has 2 atom stereocenters.